The SMILES string of the molecule is CC(C)C(N)C(=O)NC(CS)C(=O)NC(CC(=O)O)C(=O)NC(CO)C(=O)O. The fourth-order valence-corrected chi connectivity index (χ4v) is 2.14. The highest BCUT2D eigenvalue weighted by molar-refractivity contribution is 7.80. The Morgan fingerprint density at radius 3 is 1.75 bits per heavy atom. The Hall–Kier alpha value is -2.38. The molecule has 0 saturated heterocycles. The van der Waals surface area contributed by atoms with E-state index in [0.717, 1.165) is 0 Å². The summed E-state index contributed by atoms with van der Waals surface area (Å²) >= 11 is 3.95. The minimum absolute atomic E-state index is 0.168. The predicted octanol–water partition coefficient (Wildman–Crippen LogP) is -3.09. The average molecular weight is 422 g/mol. The lowest BCUT2D eigenvalue weighted by molar-refractivity contribution is -0.144. The summed E-state index contributed by atoms with van der Waals surface area (Å²) in [4.78, 5) is 58.3. The second-order valence-electron chi connectivity index (χ2n) is 6.25. The van der Waals surface area contributed by atoms with Crippen molar-refractivity contribution >= 4 is 42.3 Å². The summed E-state index contributed by atoms with van der Waals surface area (Å²) in [5.74, 6) is -6.02. The molecule has 0 aromatic heterocycles. The third-order valence-corrected chi connectivity index (χ3v) is 4.01. The van der Waals surface area contributed by atoms with Crippen LogP contribution in [0.15, 0.2) is 0 Å². The van der Waals surface area contributed by atoms with E-state index in [1.807, 2.05) is 5.32 Å². The molecule has 0 aliphatic rings. The van der Waals surface area contributed by atoms with Crippen LogP contribution in [0.2, 0.25) is 0 Å². The van der Waals surface area contributed by atoms with Crippen LogP contribution in [0.25, 0.3) is 0 Å². The number of nitrogens with one attached hydrogen (secondary N) is 3. The number of amides is 3. The predicted molar refractivity (Wildman–Crippen MR) is 99.4 cm³/mol. The number of thiol groups is 1. The molecule has 0 aromatic rings. The Balaban J connectivity index is 5.21. The number of aliphatic hydroxyl groups is 1. The van der Waals surface area contributed by atoms with Crippen molar-refractivity contribution in [1.29, 1.82) is 0 Å². The van der Waals surface area contributed by atoms with Gasteiger partial charge in [-0.05, 0) is 5.92 Å². The minimum atomic E-state index is -1.68. The average Bonchev–Trinajstić information content (AvgIpc) is 2.61. The van der Waals surface area contributed by atoms with Crippen LogP contribution in [0.4, 0.5) is 0 Å². The maximum atomic E-state index is 12.3. The molecule has 3 amide bonds. The number of aliphatic carboxylic acids is 2. The zero-order valence-corrected chi connectivity index (χ0v) is 16.3. The number of rotatable bonds is 12. The smallest absolute Gasteiger partial charge is 0.328 e. The number of carbonyl (C=O) groups is 5. The van der Waals surface area contributed by atoms with Gasteiger partial charge in [0.25, 0.3) is 0 Å². The quantitative estimate of drug-likeness (QED) is 0.150. The summed E-state index contributed by atoms with van der Waals surface area (Å²) in [5, 5.41) is 33.1. The molecule has 0 aliphatic heterocycles. The van der Waals surface area contributed by atoms with E-state index in [0.29, 0.717) is 0 Å². The van der Waals surface area contributed by atoms with Crippen molar-refractivity contribution in [2.75, 3.05) is 12.4 Å². The fraction of sp³-hybridized carbons (Fsp3) is 0.667. The highest BCUT2D eigenvalue weighted by Crippen LogP contribution is 2.01. The molecule has 0 heterocycles. The molecule has 0 aliphatic carbocycles. The van der Waals surface area contributed by atoms with Crippen LogP contribution in [-0.2, 0) is 24.0 Å². The number of aliphatic hydroxyl groups excluding tert-OH is 1. The van der Waals surface area contributed by atoms with Gasteiger partial charge in [0.2, 0.25) is 17.7 Å². The van der Waals surface area contributed by atoms with Gasteiger partial charge in [0.15, 0.2) is 0 Å². The van der Waals surface area contributed by atoms with E-state index in [1.165, 1.54) is 0 Å². The van der Waals surface area contributed by atoms with Crippen molar-refractivity contribution in [2.24, 2.45) is 11.7 Å². The van der Waals surface area contributed by atoms with Crippen LogP contribution in [0.5, 0.6) is 0 Å². The van der Waals surface area contributed by atoms with E-state index < -0.39 is 66.9 Å². The van der Waals surface area contributed by atoms with Crippen molar-refractivity contribution in [3.8, 4) is 0 Å². The Kier molecular flexibility index (Phi) is 11.1. The van der Waals surface area contributed by atoms with Crippen LogP contribution in [0.1, 0.15) is 20.3 Å². The molecule has 12 nitrogen and oxygen atoms in total. The standard InChI is InChI=1S/C15H26N4O8S/c1-6(2)11(16)14(25)19-9(5-28)13(24)17-7(3-10(21)22)12(23)18-8(4-20)15(26)27/h6-9,11,20,28H,3-5,16H2,1-2H3,(H,17,24)(H,18,23)(H,19,25)(H,21,22)(H,26,27). The largest absolute Gasteiger partial charge is 0.481 e. The molecule has 8 N–H and O–H groups in total. The van der Waals surface area contributed by atoms with Crippen LogP contribution < -0.4 is 21.7 Å². The van der Waals surface area contributed by atoms with Crippen LogP contribution in [0, 0.1) is 5.92 Å². The van der Waals surface area contributed by atoms with E-state index in [9.17, 15) is 24.0 Å². The molecule has 0 bridgehead atoms. The summed E-state index contributed by atoms with van der Waals surface area (Å²) in [6.07, 6.45) is -0.853. The first-order valence-electron chi connectivity index (χ1n) is 8.27. The van der Waals surface area contributed by atoms with Crippen LogP contribution >= 0.6 is 12.6 Å². The van der Waals surface area contributed by atoms with Gasteiger partial charge in [0.05, 0.1) is 19.1 Å². The van der Waals surface area contributed by atoms with Crippen molar-refractivity contribution < 1.29 is 39.3 Å². The normalized spacial score (nSPS) is 15.1. The molecule has 0 fully saturated rings. The van der Waals surface area contributed by atoms with Crippen molar-refractivity contribution in [3.05, 3.63) is 0 Å². The summed E-state index contributed by atoms with van der Waals surface area (Å²) in [5.41, 5.74) is 5.69. The van der Waals surface area contributed by atoms with Gasteiger partial charge < -0.3 is 37.0 Å². The first kappa shape index (κ1) is 25.6. The summed E-state index contributed by atoms with van der Waals surface area (Å²) in [7, 11) is 0. The fourth-order valence-electron chi connectivity index (χ4n) is 1.88. The molecule has 28 heavy (non-hydrogen) atoms. The van der Waals surface area contributed by atoms with E-state index in [1.54, 1.807) is 13.8 Å². The minimum Gasteiger partial charge on any atom is -0.481 e. The van der Waals surface area contributed by atoms with Gasteiger partial charge in [0.1, 0.15) is 18.1 Å². The van der Waals surface area contributed by atoms with Gasteiger partial charge in [-0.1, -0.05) is 13.8 Å². The lowest BCUT2D eigenvalue weighted by Gasteiger charge is -2.24. The highest BCUT2D eigenvalue weighted by Gasteiger charge is 2.31. The lowest BCUT2D eigenvalue weighted by atomic mass is 10.0. The number of carboxylic acid groups (broad SMARTS) is 2. The molecule has 4 atom stereocenters. The lowest BCUT2D eigenvalue weighted by Crippen LogP contribution is -2.58. The Labute approximate surface area is 166 Å². The van der Waals surface area contributed by atoms with Gasteiger partial charge in [-0.25, -0.2) is 4.79 Å². The van der Waals surface area contributed by atoms with Crippen LogP contribution in [-0.4, -0.2) is 81.5 Å². The monoisotopic (exact) mass is 422 g/mol. The second-order valence-corrected chi connectivity index (χ2v) is 6.62. The number of carboxylic acids is 2. The highest BCUT2D eigenvalue weighted by atomic mass is 32.1. The Morgan fingerprint density at radius 2 is 1.36 bits per heavy atom. The number of nitrogens with two attached hydrogens (primary N) is 1. The van der Waals surface area contributed by atoms with Crippen molar-refractivity contribution in [1.82, 2.24) is 16.0 Å². The topological polar surface area (TPSA) is 208 Å². The van der Waals surface area contributed by atoms with Gasteiger partial charge in [0, 0.05) is 5.75 Å². The molecule has 0 aromatic carbocycles. The van der Waals surface area contributed by atoms with Gasteiger partial charge in [-0.15, -0.1) is 0 Å². The third-order valence-electron chi connectivity index (χ3n) is 3.65. The van der Waals surface area contributed by atoms with Gasteiger partial charge >= 0.3 is 11.9 Å². The molecular weight excluding hydrogens is 396 g/mol. The first-order chi connectivity index (χ1) is 12.9. The zero-order chi connectivity index (χ0) is 22.0. The maximum Gasteiger partial charge on any atom is 0.328 e. The Bertz CT molecular complexity index is 601. The molecule has 4 unspecified atom stereocenters. The van der Waals surface area contributed by atoms with Crippen molar-refractivity contribution in [3.63, 3.8) is 0 Å². The van der Waals surface area contributed by atoms with Crippen LogP contribution in [0.3, 0.4) is 0 Å². The van der Waals surface area contributed by atoms with E-state index in [2.05, 4.69) is 23.3 Å². The molecule has 13 heteroatoms. The van der Waals surface area contributed by atoms with E-state index >= 15 is 0 Å². The maximum absolute atomic E-state index is 12.3. The van der Waals surface area contributed by atoms with Gasteiger partial charge in [-0.2, -0.15) is 12.6 Å². The van der Waals surface area contributed by atoms with E-state index in [-0.39, 0.29) is 11.7 Å². The summed E-state index contributed by atoms with van der Waals surface area (Å²) in [6.45, 7) is 2.47. The second kappa shape index (κ2) is 12.2. The van der Waals surface area contributed by atoms with Crippen molar-refractivity contribution in [2.45, 2.75) is 44.4 Å². The first-order valence-corrected chi connectivity index (χ1v) is 8.90. The molecule has 0 rings (SSSR count). The summed E-state index contributed by atoms with van der Waals surface area (Å²) in [6, 6.07) is -5.42. The number of hydrogen-bond acceptors (Lipinski definition) is 8. The third kappa shape index (κ3) is 8.54. The molecule has 160 valence electrons. The Morgan fingerprint density at radius 1 is 0.893 bits per heavy atom. The van der Waals surface area contributed by atoms with Gasteiger partial charge in [-0.3, -0.25) is 19.2 Å². The number of hydrogen-bond donors (Lipinski definition) is 8. The zero-order valence-electron chi connectivity index (χ0n) is 15.4. The molecule has 0 spiro atoms. The molecular formula is C15H26N4O8S. The number of carbonyl (C=O) groups excluding carboxylic acids is 3. The molecule has 0 radical (unpaired) electrons. The summed E-state index contributed by atoms with van der Waals surface area (Å²) < 4.78 is 0. The molecule has 0 saturated carbocycles. The van der Waals surface area contributed by atoms with E-state index in [4.69, 9.17) is 21.1 Å².